The molecule has 0 saturated carbocycles. The second-order valence-corrected chi connectivity index (χ2v) is 2.85. The Balaban J connectivity index is 0.000000810. The fourth-order valence-corrected chi connectivity index (χ4v) is 0.901. The van der Waals surface area contributed by atoms with Gasteiger partial charge < -0.3 is 14.6 Å². The van der Waals surface area contributed by atoms with E-state index < -0.39 is 5.97 Å². The zero-order valence-corrected chi connectivity index (χ0v) is 6.35. The molecule has 0 unspecified atom stereocenters. The molecule has 0 radical (unpaired) electrons. The normalized spacial score (nSPS) is 20.5. The topological polar surface area (TPSA) is 49.4 Å². The van der Waals surface area contributed by atoms with E-state index in [4.69, 9.17) is 4.74 Å². The molecule has 52 valence electrons. The molecule has 0 aliphatic carbocycles. The molecule has 1 aliphatic heterocycles. The van der Waals surface area contributed by atoms with Crippen LogP contribution in [-0.4, -0.2) is 19.2 Å². The van der Waals surface area contributed by atoms with Crippen LogP contribution in [0, 0.1) is 5.41 Å². The molecular weight excluding hydrogens is 127 g/mol. The molecule has 1 heterocycles. The number of carboxylic acids is 1. The second-order valence-electron chi connectivity index (χ2n) is 2.85. The first kappa shape index (κ1) is 10.0. The van der Waals surface area contributed by atoms with Gasteiger partial charge in [-0.2, -0.15) is 0 Å². The van der Waals surface area contributed by atoms with E-state index in [1.54, 1.807) is 0 Å². The van der Waals surface area contributed by atoms with Crippen molar-refractivity contribution in [2.75, 3.05) is 13.2 Å². The van der Waals surface area contributed by atoms with Gasteiger partial charge in [0, 0.05) is 11.4 Å². The summed E-state index contributed by atoms with van der Waals surface area (Å²) in [7, 11) is 0. The zero-order chi connectivity index (χ0) is 6.91. The molecule has 10 heavy (non-hydrogen) atoms. The maximum Gasteiger partial charge on any atom is 1.00 e. The minimum Gasteiger partial charge on any atom is -0.550 e. The Labute approximate surface area is 71.9 Å². The summed E-state index contributed by atoms with van der Waals surface area (Å²) in [5, 5.41) is 10.0. The molecule has 1 saturated heterocycles. The molecule has 0 bridgehead atoms. The van der Waals surface area contributed by atoms with E-state index in [2.05, 4.69) is 0 Å². The van der Waals surface area contributed by atoms with Gasteiger partial charge in [0.05, 0.1) is 13.2 Å². The van der Waals surface area contributed by atoms with E-state index in [1.807, 2.05) is 6.92 Å². The standard InChI is InChI=1S/C6H10O3.Li/c1-6(2-5(7)8)3-9-4-6;/h2-4H2,1H3,(H,7,8);/q;+1/p-1. The fourth-order valence-electron chi connectivity index (χ4n) is 0.901. The average Bonchev–Trinajstić information content (AvgIpc) is 1.60. The van der Waals surface area contributed by atoms with E-state index in [9.17, 15) is 9.90 Å². The number of hydrogen-bond acceptors (Lipinski definition) is 3. The number of carbonyl (C=O) groups excluding carboxylic acids is 1. The number of aliphatic carboxylic acids is 1. The predicted molar refractivity (Wildman–Crippen MR) is 28.5 cm³/mol. The minimum absolute atomic E-state index is 0. The van der Waals surface area contributed by atoms with E-state index in [0.717, 1.165) is 0 Å². The van der Waals surface area contributed by atoms with Gasteiger partial charge in [0.15, 0.2) is 0 Å². The third-order valence-corrected chi connectivity index (χ3v) is 1.47. The van der Waals surface area contributed by atoms with Crippen LogP contribution in [0.1, 0.15) is 13.3 Å². The fraction of sp³-hybridized carbons (Fsp3) is 0.833. The Morgan fingerprint density at radius 3 is 2.30 bits per heavy atom. The van der Waals surface area contributed by atoms with E-state index in [1.165, 1.54) is 0 Å². The first-order chi connectivity index (χ1) is 4.12. The van der Waals surface area contributed by atoms with Crippen molar-refractivity contribution >= 4 is 5.97 Å². The van der Waals surface area contributed by atoms with Crippen LogP contribution in [0.3, 0.4) is 0 Å². The van der Waals surface area contributed by atoms with Gasteiger partial charge in [-0.15, -0.1) is 0 Å². The van der Waals surface area contributed by atoms with Crippen molar-refractivity contribution in [3.05, 3.63) is 0 Å². The van der Waals surface area contributed by atoms with Crippen LogP contribution < -0.4 is 24.0 Å². The Morgan fingerprint density at radius 2 is 2.20 bits per heavy atom. The summed E-state index contributed by atoms with van der Waals surface area (Å²) in [6.45, 7) is 2.99. The molecule has 0 N–H and O–H groups in total. The van der Waals surface area contributed by atoms with Crippen molar-refractivity contribution in [3.63, 3.8) is 0 Å². The van der Waals surface area contributed by atoms with Crippen molar-refractivity contribution in [3.8, 4) is 0 Å². The molecule has 0 spiro atoms. The van der Waals surface area contributed by atoms with Crippen molar-refractivity contribution in [1.29, 1.82) is 0 Å². The Hall–Kier alpha value is 0.0274. The number of ether oxygens (including phenoxy) is 1. The molecule has 0 atom stereocenters. The molecule has 0 aromatic carbocycles. The first-order valence-corrected chi connectivity index (χ1v) is 2.90. The van der Waals surface area contributed by atoms with Crippen LogP contribution in [-0.2, 0) is 9.53 Å². The molecular formula is C6H9LiO3. The van der Waals surface area contributed by atoms with Gasteiger partial charge in [-0.3, -0.25) is 0 Å². The summed E-state index contributed by atoms with van der Waals surface area (Å²) in [4.78, 5) is 10.0. The predicted octanol–water partition coefficient (Wildman–Crippen LogP) is -3.83. The van der Waals surface area contributed by atoms with Crippen molar-refractivity contribution in [2.24, 2.45) is 5.41 Å². The van der Waals surface area contributed by atoms with Gasteiger partial charge in [-0.1, -0.05) is 6.92 Å². The van der Waals surface area contributed by atoms with Crippen molar-refractivity contribution in [2.45, 2.75) is 13.3 Å². The largest absolute Gasteiger partial charge is 1.00 e. The zero-order valence-electron chi connectivity index (χ0n) is 6.35. The van der Waals surface area contributed by atoms with Crippen LogP contribution in [0.25, 0.3) is 0 Å². The Bertz CT molecular complexity index is 131. The van der Waals surface area contributed by atoms with Gasteiger partial charge >= 0.3 is 18.9 Å². The number of carboxylic acid groups (broad SMARTS) is 1. The monoisotopic (exact) mass is 136 g/mol. The van der Waals surface area contributed by atoms with Crippen LogP contribution in [0.2, 0.25) is 0 Å². The van der Waals surface area contributed by atoms with E-state index in [-0.39, 0.29) is 30.7 Å². The molecule has 0 aromatic rings. The van der Waals surface area contributed by atoms with E-state index in [0.29, 0.717) is 13.2 Å². The minimum atomic E-state index is -0.985. The van der Waals surface area contributed by atoms with Gasteiger partial charge in [-0.25, -0.2) is 0 Å². The first-order valence-electron chi connectivity index (χ1n) is 2.90. The SMILES string of the molecule is CC1(CC(=O)[O-])COC1.[Li+]. The summed E-state index contributed by atoms with van der Waals surface area (Å²) < 4.78 is 4.85. The summed E-state index contributed by atoms with van der Waals surface area (Å²) in [6.07, 6.45) is 0.118. The average molecular weight is 136 g/mol. The van der Waals surface area contributed by atoms with Gasteiger partial charge in [-0.05, 0) is 6.42 Å². The Morgan fingerprint density at radius 1 is 1.70 bits per heavy atom. The number of hydrogen-bond donors (Lipinski definition) is 0. The molecule has 0 amide bonds. The Kier molecular flexibility index (Phi) is 3.44. The van der Waals surface area contributed by atoms with Gasteiger partial charge in [0.2, 0.25) is 0 Å². The third kappa shape index (κ3) is 2.34. The molecule has 1 aliphatic rings. The number of rotatable bonds is 2. The van der Waals surface area contributed by atoms with E-state index >= 15 is 0 Å². The second kappa shape index (κ2) is 3.43. The van der Waals surface area contributed by atoms with Crippen molar-refractivity contribution in [1.82, 2.24) is 0 Å². The third-order valence-electron chi connectivity index (χ3n) is 1.47. The van der Waals surface area contributed by atoms with Crippen LogP contribution in [0.4, 0.5) is 0 Å². The maximum atomic E-state index is 10.0. The van der Waals surface area contributed by atoms with Crippen LogP contribution >= 0.6 is 0 Å². The molecule has 1 fully saturated rings. The smallest absolute Gasteiger partial charge is 0.550 e. The quantitative estimate of drug-likeness (QED) is 0.365. The van der Waals surface area contributed by atoms with Gasteiger partial charge in [0.1, 0.15) is 0 Å². The molecule has 3 nitrogen and oxygen atoms in total. The molecule has 0 aromatic heterocycles. The molecule has 4 heteroatoms. The van der Waals surface area contributed by atoms with Crippen LogP contribution in [0.15, 0.2) is 0 Å². The summed E-state index contributed by atoms with van der Waals surface area (Å²) in [5.74, 6) is -0.985. The summed E-state index contributed by atoms with van der Waals surface area (Å²) in [6, 6.07) is 0. The van der Waals surface area contributed by atoms with Crippen molar-refractivity contribution < 1.29 is 33.5 Å². The van der Waals surface area contributed by atoms with Crippen LogP contribution in [0.5, 0.6) is 0 Å². The summed E-state index contributed by atoms with van der Waals surface area (Å²) in [5.41, 5.74) is -0.140. The number of carbonyl (C=O) groups is 1. The molecule has 1 rings (SSSR count). The maximum absolute atomic E-state index is 10.0. The summed E-state index contributed by atoms with van der Waals surface area (Å²) >= 11 is 0. The van der Waals surface area contributed by atoms with Gasteiger partial charge in [0.25, 0.3) is 0 Å².